The van der Waals surface area contributed by atoms with Crippen LogP contribution in [0.5, 0.6) is 0 Å². The molecule has 0 bridgehead atoms. The molecule has 8 nitrogen and oxygen atoms in total. The first-order chi connectivity index (χ1) is 18.0. The van der Waals surface area contributed by atoms with Gasteiger partial charge in [-0.15, -0.1) is 0 Å². The van der Waals surface area contributed by atoms with Crippen LogP contribution in [0.15, 0.2) is 24.3 Å². The van der Waals surface area contributed by atoms with Gasteiger partial charge in [-0.05, 0) is 71.6 Å². The van der Waals surface area contributed by atoms with Gasteiger partial charge >= 0.3 is 12.3 Å². The predicted molar refractivity (Wildman–Crippen MR) is 136 cm³/mol. The number of alkyl halides is 3. The molecule has 2 saturated heterocycles. The second-order valence-corrected chi connectivity index (χ2v) is 11.9. The van der Waals surface area contributed by atoms with Gasteiger partial charge in [0.05, 0.1) is 5.41 Å². The van der Waals surface area contributed by atoms with Crippen molar-refractivity contribution >= 4 is 17.9 Å². The highest BCUT2D eigenvalue weighted by Gasteiger charge is 2.50. The minimum Gasteiger partial charge on any atom is -0.444 e. The van der Waals surface area contributed by atoms with Crippen LogP contribution in [-0.2, 0) is 20.9 Å². The number of fused-ring (bicyclic) bond motifs is 1. The van der Waals surface area contributed by atoms with Gasteiger partial charge in [-0.3, -0.25) is 14.5 Å². The van der Waals surface area contributed by atoms with Crippen LogP contribution in [0.2, 0.25) is 0 Å². The van der Waals surface area contributed by atoms with Gasteiger partial charge in [0.15, 0.2) is 0 Å². The van der Waals surface area contributed by atoms with Crippen LogP contribution in [0.3, 0.4) is 0 Å². The number of hydrogen-bond acceptors (Lipinski definition) is 5. The van der Waals surface area contributed by atoms with E-state index in [-0.39, 0.29) is 38.1 Å². The van der Waals surface area contributed by atoms with Crippen molar-refractivity contribution in [3.63, 3.8) is 0 Å². The third-order valence-electron chi connectivity index (χ3n) is 7.03. The van der Waals surface area contributed by atoms with Gasteiger partial charge in [-0.25, -0.2) is 9.18 Å². The molecule has 3 atom stereocenters. The van der Waals surface area contributed by atoms with Crippen LogP contribution >= 0.6 is 0 Å². The summed E-state index contributed by atoms with van der Waals surface area (Å²) in [5, 5.41) is 5.33. The van der Waals surface area contributed by atoms with Crippen molar-refractivity contribution in [1.82, 2.24) is 20.4 Å². The number of alkyl carbamates (subject to hydrolysis) is 1. The SMILES string of the molecule is CC(C)(C)OC(=O)N[C@H]1CN(CC(C)(C)C(F)(F)F)CC[C@H]2CC[C@@H](C(=O)NCc3ccc(F)cc3)N2C1=O. The average Bonchev–Trinajstić information content (AvgIpc) is 3.22. The molecule has 0 aliphatic carbocycles. The maximum absolute atomic E-state index is 13.8. The number of nitrogens with zero attached hydrogens (tertiary/aromatic N) is 2. The Labute approximate surface area is 226 Å². The van der Waals surface area contributed by atoms with Gasteiger partial charge < -0.3 is 20.3 Å². The molecule has 12 heteroatoms. The lowest BCUT2D eigenvalue weighted by Crippen LogP contribution is -2.61. The molecule has 2 aliphatic rings. The van der Waals surface area contributed by atoms with Gasteiger partial charge in [0.2, 0.25) is 11.8 Å². The smallest absolute Gasteiger partial charge is 0.408 e. The van der Waals surface area contributed by atoms with E-state index in [4.69, 9.17) is 4.74 Å². The van der Waals surface area contributed by atoms with Crippen LogP contribution in [-0.4, -0.2) is 77.2 Å². The average molecular weight is 559 g/mol. The molecule has 0 aromatic heterocycles. The number of carbonyl (C=O) groups excluding carboxylic acids is 3. The highest BCUT2D eigenvalue weighted by Crippen LogP contribution is 2.39. The van der Waals surface area contributed by atoms with Crippen molar-refractivity contribution in [3.05, 3.63) is 35.6 Å². The predicted octanol–water partition coefficient (Wildman–Crippen LogP) is 3.99. The van der Waals surface area contributed by atoms with E-state index in [1.165, 1.54) is 17.0 Å². The minimum absolute atomic E-state index is 0.141. The molecule has 0 spiro atoms. The summed E-state index contributed by atoms with van der Waals surface area (Å²) in [6, 6.07) is 3.28. The highest BCUT2D eigenvalue weighted by atomic mass is 19.4. The van der Waals surface area contributed by atoms with Crippen molar-refractivity contribution < 1.29 is 36.7 Å². The van der Waals surface area contributed by atoms with E-state index in [0.717, 1.165) is 13.8 Å². The molecule has 39 heavy (non-hydrogen) atoms. The molecule has 1 aromatic rings. The standard InChI is InChI=1S/C27H38F4N4O4/c1-25(2,3)39-24(38)33-20-15-34(16-26(4,5)27(29,30)31)13-12-19-10-11-21(35(19)23(20)37)22(36)32-14-17-6-8-18(28)9-7-17/h6-9,19-21H,10-16H2,1-5H3,(H,32,36)(H,33,38)/t19-,20+,21+/m1/s1. The summed E-state index contributed by atoms with van der Waals surface area (Å²) >= 11 is 0. The molecule has 2 aliphatic heterocycles. The topological polar surface area (TPSA) is 91.0 Å². The summed E-state index contributed by atoms with van der Waals surface area (Å²) in [5.41, 5.74) is -2.21. The van der Waals surface area contributed by atoms with Crippen molar-refractivity contribution in [2.75, 3.05) is 19.6 Å². The summed E-state index contributed by atoms with van der Waals surface area (Å²) in [7, 11) is 0. The molecular formula is C27H38F4N4O4. The number of carbonyl (C=O) groups is 3. The molecule has 3 amide bonds. The Morgan fingerprint density at radius 1 is 1.03 bits per heavy atom. The molecule has 218 valence electrons. The molecule has 0 radical (unpaired) electrons. The second-order valence-electron chi connectivity index (χ2n) is 11.9. The summed E-state index contributed by atoms with van der Waals surface area (Å²) in [6.45, 7) is 7.05. The van der Waals surface area contributed by atoms with Gasteiger partial charge in [0, 0.05) is 32.2 Å². The fraction of sp³-hybridized carbons (Fsp3) is 0.667. The Bertz CT molecular complexity index is 1040. The van der Waals surface area contributed by atoms with Crippen LogP contribution in [0.4, 0.5) is 22.4 Å². The summed E-state index contributed by atoms with van der Waals surface area (Å²) in [6.07, 6.45) is -4.07. The Kier molecular flexibility index (Phi) is 9.19. The normalized spacial score (nSPS) is 23.1. The first kappa shape index (κ1) is 30.6. The number of halogens is 4. The van der Waals surface area contributed by atoms with Crippen molar-refractivity contribution in [2.24, 2.45) is 5.41 Å². The molecule has 2 N–H and O–H groups in total. The summed E-state index contributed by atoms with van der Waals surface area (Å²) in [5.74, 6) is -1.33. The minimum atomic E-state index is -4.46. The van der Waals surface area contributed by atoms with Gasteiger partial charge in [0.1, 0.15) is 23.5 Å². The van der Waals surface area contributed by atoms with E-state index >= 15 is 0 Å². The van der Waals surface area contributed by atoms with Crippen molar-refractivity contribution in [3.8, 4) is 0 Å². The summed E-state index contributed by atoms with van der Waals surface area (Å²) in [4.78, 5) is 42.6. The number of hydrogen-bond donors (Lipinski definition) is 2. The molecule has 3 rings (SSSR count). The zero-order chi connectivity index (χ0) is 29.2. The number of ether oxygens (including phenoxy) is 1. The number of amides is 3. The maximum Gasteiger partial charge on any atom is 0.408 e. The molecule has 2 fully saturated rings. The van der Waals surface area contributed by atoms with Gasteiger partial charge in [-0.2, -0.15) is 13.2 Å². The Hall–Kier alpha value is -2.89. The second kappa shape index (κ2) is 11.7. The lowest BCUT2D eigenvalue weighted by Gasteiger charge is -2.41. The van der Waals surface area contributed by atoms with E-state index in [1.807, 2.05) is 0 Å². The Balaban J connectivity index is 1.80. The zero-order valence-electron chi connectivity index (χ0n) is 23.0. The molecule has 0 unspecified atom stereocenters. The monoisotopic (exact) mass is 558 g/mol. The van der Waals surface area contributed by atoms with E-state index in [0.29, 0.717) is 24.8 Å². The number of rotatable bonds is 6. The fourth-order valence-corrected chi connectivity index (χ4v) is 4.96. The molecule has 0 saturated carbocycles. The summed E-state index contributed by atoms with van der Waals surface area (Å²) < 4.78 is 59.5. The van der Waals surface area contributed by atoms with Crippen LogP contribution in [0.1, 0.15) is 59.4 Å². The Morgan fingerprint density at radius 3 is 2.26 bits per heavy atom. The quantitative estimate of drug-likeness (QED) is 0.516. The van der Waals surface area contributed by atoms with Crippen molar-refractivity contribution in [1.29, 1.82) is 0 Å². The number of benzene rings is 1. The van der Waals surface area contributed by atoms with E-state index in [9.17, 15) is 31.9 Å². The lowest BCUT2D eigenvalue weighted by molar-refractivity contribution is -0.217. The maximum atomic E-state index is 13.8. The van der Waals surface area contributed by atoms with Crippen LogP contribution in [0, 0.1) is 11.2 Å². The highest BCUT2D eigenvalue weighted by molar-refractivity contribution is 5.92. The fourth-order valence-electron chi connectivity index (χ4n) is 4.96. The first-order valence-corrected chi connectivity index (χ1v) is 13.1. The van der Waals surface area contributed by atoms with E-state index < -0.39 is 47.1 Å². The van der Waals surface area contributed by atoms with E-state index in [2.05, 4.69) is 10.6 Å². The zero-order valence-corrected chi connectivity index (χ0v) is 23.0. The number of nitrogens with one attached hydrogen (secondary N) is 2. The molecule has 2 heterocycles. The van der Waals surface area contributed by atoms with Crippen LogP contribution in [0.25, 0.3) is 0 Å². The first-order valence-electron chi connectivity index (χ1n) is 13.1. The van der Waals surface area contributed by atoms with Gasteiger partial charge in [-0.1, -0.05) is 12.1 Å². The van der Waals surface area contributed by atoms with Crippen molar-refractivity contribution in [2.45, 2.75) is 90.3 Å². The molecular weight excluding hydrogens is 520 g/mol. The van der Waals surface area contributed by atoms with Gasteiger partial charge in [0.25, 0.3) is 0 Å². The Morgan fingerprint density at radius 2 is 1.67 bits per heavy atom. The largest absolute Gasteiger partial charge is 0.444 e. The molecule has 1 aromatic carbocycles. The lowest BCUT2D eigenvalue weighted by atomic mass is 9.91. The van der Waals surface area contributed by atoms with E-state index in [1.54, 1.807) is 37.8 Å². The third-order valence-corrected chi connectivity index (χ3v) is 7.03. The van der Waals surface area contributed by atoms with Crippen LogP contribution < -0.4 is 10.6 Å². The third kappa shape index (κ3) is 8.06.